The van der Waals surface area contributed by atoms with Crippen LogP contribution in [-0.2, 0) is 6.42 Å². The molecule has 0 saturated heterocycles. The fourth-order valence-corrected chi connectivity index (χ4v) is 2.40. The number of hydrogen-bond acceptors (Lipinski definition) is 0. The van der Waals surface area contributed by atoms with Gasteiger partial charge >= 0.3 is 18.9 Å². The smallest absolute Gasteiger partial charge is 0.184 e. The fourth-order valence-electron chi connectivity index (χ4n) is 2.40. The van der Waals surface area contributed by atoms with E-state index in [1.807, 2.05) is 12.1 Å². The summed E-state index contributed by atoms with van der Waals surface area (Å²) in [5.74, 6) is 0. The normalized spacial score (nSPS) is 10.2. The van der Waals surface area contributed by atoms with E-state index in [4.69, 9.17) is 0 Å². The van der Waals surface area contributed by atoms with Crippen molar-refractivity contribution in [1.29, 1.82) is 0 Å². The third-order valence-electron chi connectivity index (χ3n) is 3.61. The molecule has 0 heterocycles. The maximum absolute atomic E-state index is 3.07. The molecule has 0 aliphatic carbocycles. The van der Waals surface area contributed by atoms with Crippen LogP contribution >= 0.6 is 0 Å². The van der Waals surface area contributed by atoms with Crippen molar-refractivity contribution >= 4 is 0 Å². The second-order valence-corrected chi connectivity index (χ2v) is 5.34. The van der Waals surface area contributed by atoms with E-state index in [0.717, 1.165) is 0 Å². The second kappa shape index (κ2) is 14.2. The summed E-state index contributed by atoms with van der Waals surface area (Å²) in [6, 6.07) is 11.5. The SMILES string of the molecule is CCCCCCCCCCCCc1cc[c-]cc1.[Li+]. The standard InChI is InChI=1S/C18H29.Li/c1-2-3-4-5-6-7-8-9-10-12-15-18-16-13-11-14-17-18;/h13-14,16-17H,2-10,12,15H2,1H3;/q-1;+1. The summed E-state index contributed by atoms with van der Waals surface area (Å²) in [6.45, 7) is 2.28. The maximum Gasteiger partial charge on any atom is 1.00 e. The van der Waals surface area contributed by atoms with E-state index in [1.54, 1.807) is 0 Å². The van der Waals surface area contributed by atoms with Gasteiger partial charge in [0.25, 0.3) is 0 Å². The molecule has 0 bridgehead atoms. The van der Waals surface area contributed by atoms with Crippen molar-refractivity contribution in [3.05, 3.63) is 35.9 Å². The average molecular weight is 252 g/mol. The van der Waals surface area contributed by atoms with Crippen LogP contribution in [0, 0.1) is 6.07 Å². The van der Waals surface area contributed by atoms with Crippen molar-refractivity contribution in [2.75, 3.05) is 0 Å². The van der Waals surface area contributed by atoms with E-state index in [1.165, 1.54) is 76.2 Å². The van der Waals surface area contributed by atoms with Crippen LogP contribution < -0.4 is 18.9 Å². The van der Waals surface area contributed by atoms with Crippen molar-refractivity contribution < 1.29 is 18.9 Å². The molecule has 1 heteroatoms. The van der Waals surface area contributed by atoms with Crippen molar-refractivity contribution in [2.24, 2.45) is 0 Å². The Hall–Kier alpha value is -0.183. The Balaban J connectivity index is 0.00000324. The molecule has 0 radical (unpaired) electrons. The van der Waals surface area contributed by atoms with Crippen LogP contribution in [0.1, 0.15) is 76.7 Å². The van der Waals surface area contributed by atoms with Gasteiger partial charge in [0.1, 0.15) is 0 Å². The van der Waals surface area contributed by atoms with Crippen LogP contribution in [0.15, 0.2) is 24.3 Å². The minimum absolute atomic E-state index is 0. The third-order valence-corrected chi connectivity index (χ3v) is 3.61. The molecular formula is C18H29Li. The first-order valence-electron chi connectivity index (χ1n) is 7.88. The number of rotatable bonds is 11. The van der Waals surface area contributed by atoms with Gasteiger partial charge in [-0.2, -0.15) is 35.9 Å². The van der Waals surface area contributed by atoms with Crippen LogP contribution in [0.25, 0.3) is 0 Å². The average Bonchev–Trinajstić information content (AvgIpc) is 2.42. The fraction of sp³-hybridized carbons (Fsp3) is 0.667. The molecular weight excluding hydrogens is 223 g/mol. The zero-order valence-corrected chi connectivity index (χ0v) is 13.1. The molecule has 0 amide bonds. The van der Waals surface area contributed by atoms with Gasteiger partial charge in [-0.1, -0.05) is 77.6 Å². The topological polar surface area (TPSA) is 0 Å². The van der Waals surface area contributed by atoms with Gasteiger partial charge in [-0.3, -0.25) is 0 Å². The number of benzene rings is 1. The van der Waals surface area contributed by atoms with E-state index < -0.39 is 0 Å². The molecule has 0 nitrogen and oxygen atoms in total. The maximum atomic E-state index is 3.07. The van der Waals surface area contributed by atoms with Gasteiger partial charge in [-0.05, 0) is 0 Å². The predicted molar refractivity (Wildman–Crippen MR) is 80.8 cm³/mol. The molecule has 0 N–H and O–H groups in total. The summed E-state index contributed by atoms with van der Waals surface area (Å²) in [7, 11) is 0. The van der Waals surface area contributed by atoms with Gasteiger partial charge in [0.05, 0.1) is 0 Å². The van der Waals surface area contributed by atoms with Crippen LogP contribution in [0.4, 0.5) is 0 Å². The molecule has 0 unspecified atom stereocenters. The Morgan fingerprint density at radius 1 is 0.737 bits per heavy atom. The molecule has 1 aromatic rings. The van der Waals surface area contributed by atoms with Gasteiger partial charge in [0.2, 0.25) is 0 Å². The van der Waals surface area contributed by atoms with Crippen molar-refractivity contribution in [3.63, 3.8) is 0 Å². The van der Waals surface area contributed by atoms with Crippen molar-refractivity contribution in [3.8, 4) is 0 Å². The van der Waals surface area contributed by atoms with Crippen LogP contribution in [0.2, 0.25) is 0 Å². The Labute approximate surface area is 132 Å². The minimum Gasteiger partial charge on any atom is -0.184 e. The largest absolute Gasteiger partial charge is 1.00 e. The molecule has 0 aliphatic rings. The van der Waals surface area contributed by atoms with Gasteiger partial charge in [0, 0.05) is 0 Å². The molecule has 0 aromatic heterocycles. The summed E-state index contributed by atoms with van der Waals surface area (Å²) in [5, 5.41) is 0. The molecule has 1 aromatic carbocycles. The number of aryl methyl sites for hydroxylation is 1. The molecule has 19 heavy (non-hydrogen) atoms. The van der Waals surface area contributed by atoms with E-state index in [9.17, 15) is 0 Å². The first-order chi connectivity index (χ1) is 8.93. The van der Waals surface area contributed by atoms with Crippen LogP contribution in [0.5, 0.6) is 0 Å². The van der Waals surface area contributed by atoms with E-state index in [0.29, 0.717) is 0 Å². The predicted octanol–water partition coefficient (Wildman–Crippen LogP) is 2.95. The molecule has 0 atom stereocenters. The zero-order chi connectivity index (χ0) is 12.9. The molecule has 0 aliphatic heterocycles. The van der Waals surface area contributed by atoms with Gasteiger partial charge in [-0.15, -0.1) is 0 Å². The number of hydrogen-bond donors (Lipinski definition) is 0. The first-order valence-corrected chi connectivity index (χ1v) is 7.88. The quantitative estimate of drug-likeness (QED) is 0.323. The van der Waals surface area contributed by atoms with E-state index >= 15 is 0 Å². The molecule has 0 fully saturated rings. The molecule has 102 valence electrons. The summed E-state index contributed by atoms with van der Waals surface area (Å²) in [4.78, 5) is 0. The second-order valence-electron chi connectivity index (χ2n) is 5.34. The zero-order valence-electron chi connectivity index (χ0n) is 13.1. The third kappa shape index (κ3) is 11.4. The van der Waals surface area contributed by atoms with Gasteiger partial charge < -0.3 is 0 Å². The van der Waals surface area contributed by atoms with Gasteiger partial charge in [-0.25, -0.2) is 0 Å². The Morgan fingerprint density at radius 3 is 1.74 bits per heavy atom. The van der Waals surface area contributed by atoms with Crippen molar-refractivity contribution in [1.82, 2.24) is 0 Å². The van der Waals surface area contributed by atoms with Crippen LogP contribution in [-0.4, -0.2) is 0 Å². The molecule has 1 rings (SSSR count). The van der Waals surface area contributed by atoms with Gasteiger partial charge in [0.15, 0.2) is 0 Å². The molecule has 0 saturated carbocycles. The monoisotopic (exact) mass is 252 g/mol. The molecule has 0 spiro atoms. The summed E-state index contributed by atoms with van der Waals surface area (Å²) < 4.78 is 0. The first kappa shape index (κ1) is 18.8. The van der Waals surface area contributed by atoms with Crippen LogP contribution in [0.3, 0.4) is 0 Å². The Kier molecular flexibility index (Phi) is 14.1. The summed E-state index contributed by atoms with van der Waals surface area (Å²) >= 11 is 0. The Morgan fingerprint density at radius 2 is 1.21 bits per heavy atom. The number of unbranched alkanes of at least 4 members (excludes halogenated alkanes) is 9. The summed E-state index contributed by atoms with van der Waals surface area (Å²) in [6.07, 6.45) is 15.4. The van der Waals surface area contributed by atoms with E-state index in [-0.39, 0.29) is 18.9 Å². The minimum atomic E-state index is 0. The van der Waals surface area contributed by atoms with Crippen molar-refractivity contribution in [2.45, 2.75) is 77.6 Å². The summed E-state index contributed by atoms with van der Waals surface area (Å²) in [5.41, 5.74) is 1.47. The van der Waals surface area contributed by atoms with E-state index in [2.05, 4.69) is 25.1 Å². The Bertz CT molecular complexity index is 268.